The summed E-state index contributed by atoms with van der Waals surface area (Å²) in [6, 6.07) is 4.38. The average Bonchev–Trinajstić information content (AvgIpc) is 2.84. The molecule has 0 saturated carbocycles. The molecule has 7 heteroatoms. The Hall–Kier alpha value is -1.60. The molecule has 0 amide bonds. The van der Waals surface area contributed by atoms with Gasteiger partial charge in [0.2, 0.25) is 10.0 Å². The standard InChI is InChI=1S/C12H17N3O3S/c1-8(12(13)14-16)15-19(17,18)11-6-5-9-3-2-4-10(9)7-11/h5-8,15-16H,2-4H2,1H3,(H2,13,14). The highest BCUT2D eigenvalue weighted by atomic mass is 32.2. The zero-order valence-electron chi connectivity index (χ0n) is 10.6. The Bertz CT molecular complexity index is 611. The molecule has 1 aliphatic carbocycles. The maximum Gasteiger partial charge on any atom is 0.241 e. The van der Waals surface area contributed by atoms with Crippen LogP contribution in [0.25, 0.3) is 0 Å². The fourth-order valence-corrected chi connectivity index (χ4v) is 3.43. The van der Waals surface area contributed by atoms with Gasteiger partial charge in [-0.3, -0.25) is 0 Å². The summed E-state index contributed by atoms with van der Waals surface area (Å²) in [7, 11) is -3.66. The van der Waals surface area contributed by atoms with Gasteiger partial charge in [0, 0.05) is 0 Å². The predicted octanol–water partition coefficient (Wildman–Crippen LogP) is 0.589. The summed E-state index contributed by atoms with van der Waals surface area (Å²) in [6.07, 6.45) is 2.98. The fourth-order valence-electron chi connectivity index (χ4n) is 2.16. The third kappa shape index (κ3) is 2.87. The van der Waals surface area contributed by atoms with E-state index in [4.69, 9.17) is 10.9 Å². The lowest BCUT2D eigenvalue weighted by Crippen LogP contribution is -2.42. The molecule has 0 bridgehead atoms. The van der Waals surface area contributed by atoms with Crippen LogP contribution in [0.15, 0.2) is 28.3 Å². The topological polar surface area (TPSA) is 105 Å². The van der Waals surface area contributed by atoms with Crippen molar-refractivity contribution in [3.05, 3.63) is 29.3 Å². The summed E-state index contributed by atoms with van der Waals surface area (Å²) < 4.78 is 26.7. The van der Waals surface area contributed by atoms with Gasteiger partial charge in [-0.25, -0.2) is 13.1 Å². The quantitative estimate of drug-likeness (QED) is 0.325. The first-order chi connectivity index (χ1) is 8.94. The van der Waals surface area contributed by atoms with Crippen LogP contribution in [-0.2, 0) is 22.9 Å². The van der Waals surface area contributed by atoms with Gasteiger partial charge in [-0.05, 0) is 49.4 Å². The molecule has 0 saturated heterocycles. The molecule has 6 nitrogen and oxygen atoms in total. The van der Waals surface area contributed by atoms with E-state index in [9.17, 15) is 8.42 Å². The molecule has 104 valence electrons. The van der Waals surface area contributed by atoms with Crippen LogP contribution >= 0.6 is 0 Å². The zero-order chi connectivity index (χ0) is 14.0. The summed E-state index contributed by atoms with van der Waals surface area (Å²) >= 11 is 0. The largest absolute Gasteiger partial charge is 0.409 e. The number of hydrogen-bond acceptors (Lipinski definition) is 4. The number of rotatable bonds is 4. The van der Waals surface area contributed by atoms with E-state index in [1.807, 2.05) is 6.07 Å². The maximum atomic E-state index is 12.2. The van der Waals surface area contributed by atoms with Crippen molar-refractivity contribution >= 4 is 15.9 Å². The summed E-state index contributed by atoms with van der Waals surface area (Å²) in [6.45, 7) is 1.51. The second kappa shape index (κ2) is 5.18. The monoisotopic (exact) mass is 283 g/mol. The van der Waals surface area contributed by atoms with E-state index in [0.29, 0.717) is 0 Å². The highest BCUT2D eigenvalue weighted by molar-refractivity contribution is 7.89. The second-order valence-electron chi connectivity index (χ2n) is 4.65. The Morgan fingerprint density at radius 3 is 2.79 bits per heavy atom. The Kier molecular flexibility index (Phi) is 3.77. The Labute approximate surface area is 112 Å². The molecule has 1 unspecified atom stereocenters. The highest BCUT2D eigenvalue weighted by Crippen LogP contribution is 2.24. The molecule has 4 N–H and O–H groups in total. The normalized spacial score (nSPS) is 17.2. The van der Waals surface area contributed by atoms with E-state index in [1.165, 1.54) is 12.5 Å². The van der Waals surface area contributed by atoms with Gasteiger partial charge in [0.05, 0.1) is 10.9 Å². The van der Waals surface area contributed by atoms with Gasteiger partial charge < -0.3 is 10.9 Å². The van der Waals surface area contributed by atoms with Gasteiger partial charge in [0.1, 0.15) is 0 Å². The van der Waals surface area contributed by atoms with Crippen LogP contribution in [-0.4, -0.2) is 25.5 Å². The molecule has 1 aliphatic rings. The van der Waals surface area contributed by atoms with Crippen molar-refractivity contribution in [3.63, 3.8) is 0 Å². The van der Waals surface area contributed by atoms with Crippen LogP contribution < -0.4 is 10.5 Å². The number of nitrogens with zero attached hydrogens (tertiary/aromatic N) is 1. The number of benzene rings is 1. The molecule has 0 spiro atoms. The Morgan fingerprint density at radius 2 is 2.11 bits per heavy atom. The summed E-state index contributed by atoms with van der Waals surface area (Å²) in [5.74, 6) is -0.176. The average molecular weight is 283 g/mol. The molecule has 1 atom stereocenters. The van der Waals surface area contributed by atoms with Gasteiger partial charge in [0.25, 0.3) is 0 Å². The number of aryl methyl sites for hydroxylation is 2. The number of oxime groups is 1. The van der Waals surface area contributed by atoms with Gasteiger partial charge in [-0.15, -0.1) is 0 Å². The first-order valence-corrected chi connectivity index (χ1v) is 7.54. The van der Waals surface area contributed by atoms with Crippen LogP contribution in [0.5, 0.6) is 0 Å². The second-order valence-corrected chi connectivity index (χ2v) is 6.37. The minimum absolute atomic E-state index is 0.176. The first kappa shape index (κ1) is 13.8. The van der Waals surface area contributed by atoms with E-state index in [-0.39, 0.29) is 10.7 Å². The van der Waals surface area contributed by atoms with Gasteiger partial charge in [0.15, 0.2) is 5.84 Å². The van der Waals surface area contributed by atoms with Crippen molar-refractivity contribution in [2.75, 3.05) is 0 Å². The lowest BCUT2D eigenvalue weighted by Gasteiger charge is -2.13. The molecule has 0 heterocycles. The molecule has 19 heavy (non-hydrogen) atoms. The number of hydrogen-bond donors (Lipinski definition) is 3. The van der Waals surface area contributed by atoms with E-state index in [2.05, 4.69) is 9.88 Å². The van der Waals surface area contributed by atoms with Crippen LogP contribution in [0, 0.1) is 0 Å². The minimum atomic E-state index is -3.66. The third-order valence-corrected chi connectivity index (χ3v) is 4.81. The van der Waals surface area contributed by atoms with Crippen molar-refractivity contribution in [2.45, 2.75) is 37.1 Å². The van der Waals surface area contributed by atoms with Crippen molar-refractivity contribution in [1.82, 2.24) is 4.72 Å². The SMILES string of the molecule is CC(NS(=O)(=O)c1ccc2c(c1)CCC2)/C(N)=N/O. The maximum absolute atomic E-state index is 12.2. The van der Waals surface area contributed by atoms with Crippen LogP contribution in [0.2, 0.25) is 0 Å². The molecule has 0 aromatic heterocycles. The zero-order valence-corrected chi connectivity index (χ0v) is 11.4. The number of amidine groups is 1. The highest BCUT2D eigenvalue weighted by Gasteiger charge is 2.21. The molecular weight excluding hydrogens is 266 g/mol. The lowest BCUT2D eigenvalue weighted by atomic mass is 10.1. The fraction of sp³-hybridized carbons (Fsp3) is 0.417. The number of nitrogens with one attached hydrogen (secondary N) is 1. The number of nitrogens with two attached hydrogens (primary N) is 1. The van der Waals surface area contributed by atoms with E-state index < -0.39 is 16.1 Å². The van der Waals surface area contributed by atoms with Crippen molar-refractivity contribution in [3.8, 4) is 0 Å². The van der Waals surface area contributed by atoms with Gasteiger partial charge >= 0.3 is 0 Å². The Balaban J connectivity index is 2.25. The summed E-state index contributed by atoms with van der Waals surface area (Å²) in [4.78, 5) is 0.214. The molecule has 0 radical (unpaired) electrons. The van der Waals surface area contributed by atoms with Crippen molar-refractivity contribution in [2.24, 2.45) is 10.9 Å². The van der Waals surface area contributed by atoms with E-state index in [0.717, 1.165) is 24.8 Å². The molecule has 2 rings (SSSR count). The Morgan fingerprint density at radius 1 is 1.42 bits per heavy atom. The first-order valence-electron chi connectivity index (χ1n) is 6.05. The number of sulfonamides is 1. The van der Waals surface area contributed by atoms with Crippen LogP contribution in [0.3, 0.4) is 0 Å². The van der Waals surface area contributed by atoms with Crippen molar-refractivity contribution in [1.29, 1.82) is 0 Å². The van der Waals surface area contributed by atoms with Crippen LogP contribution in [0.1, 0.15) is 24.5 Å². The van der Waals surface area contributed by atoms with E-state index in [1.54, 1.807) is 12.1 Å². The third-order valence-electron chi connectivity index (χ3n) is 3.27. The van der Waals surface area contributed by atoms with Gasteiger partial charge in [-0.1, -0.05) is 11.2 Å². The van der Waals surface area contributed by atoms with Crippen molar-refractivity contribution < 1.29 is 13.6 Å². The van der Waals surface area contributed by atoms with E-state index >= 15 is 0 Å². The summed E-state index contributed by atoms with van der Waals surface area (Å²) in [5, 5.41) is 11.3. The molecular formula is C12H17N3O3S. The van der Waals surface area contributed by atoms with Crippen LogP contribution in [0.4, 0.5) is 0 Å². The van der Waals surface area contributed by atoms with Gasteiger partial charge in [-0.2, -0.15) is 0 Å². The minimum Gasteiger partial charge on any atom is -0.409 e. The lowest BCUT2D eigenvalue weighted by molar-refractivity contribution is 0.316. The molecule has 1 aromatic carbocycles. The smallest absolute Gasteiger partial charge is 0.241 e. The summed E-state index contributed by atoms with van der Waals surface area (Å²) in [5.41, 5.74) is 7.66. The molecule has 0 fully saturated rings. The number of fused-ring (bicyclic) bond motifs is 1. The molecule has 0 aliphatic heterocycles. The molecule has 1 aromatic rings. The predicted molar refractivity (Wildman–Crippen MR) is 71.7 cm³/mol.